The number of rotatable bonds is 4. The summed E-state index contributed by atoms with van der Waals surface area (Å²) < 4.78 is 36.4. The van der Waals surface area contributed by atoms with Crippen LogP contribution in [0.5, 0.6) is 0 Å². The summed E-state index contributed by atoms with van der Waals surface area (Å²) in [5.41, 5.74) is -0.214. The van der Waals surface area contributed by atoms with E-state index in [-0.39, 0.29) is 18.8 Å². The van der Waals surface area contributed by atoms with Gasteiger partial charge in [-0.05, 0) is 0 Å². The van der Waals surface area contributed by atoms with Gasteiger partial charge in [0.2, 0.25) is 0 Å². The molecule has 1 rings (SSSR count). The van der Waals surface area contributed by atoms with Crippen LogP contribution in [-0.4, -0.2) is 65.2 Å². The summed E-state index contributed by atoms with van der Waals surface area (Å²) in [5, 5.41) is 8.51. The molecular formula is C9H9NaO6S. The van der Waals surface area contributed by atoms with E-state index < -0.39 is 21.0 Å². The molecule has 0 saturated carbocycles. The maximum absolute atomic E-state index is 11.5. The number of ether oxygens (including phenoxy) is 1. The molecule has 0 fully saturated rings. The van der Waals surface area contributed by atoms with Crippen molar-refractivity contribution < 1.29 is 27.6 Å². The van der Waals surface area contributed by atoms with Gasteiger partial charge in [-0.25, -0.2) is 0 Å². The Morgan fingerprint density at radius 3 is 2.59 bits per heavy atom. The van der Waals surface area contributed by atoms with Gasteiger partial charge in [0.05, 0.1) is 0 Å². The number of carbonyl (C=O) groups is 1. The fourth-order valence-electron chi connectivity index (χ4n) is 1.37. The van der Waals surface area contributed by atoms with Crippen molar-refractivity contribution in [2.45, 2.75) is 4.90 Å². The second-order valence-corrected chi connectivity index (χ2v) is 5.72. The third kappa shape index (κ3) is 3.77. The number of aliphatic hydroxyl groups is 1. The first kappa shape index (κ1) is 14.6. The predicted octanol–water partition coefficient (Wildman–Crippen LogP) is -1.12. The van der Waals surface area contributed by atoms with Gasteiger partial charge in [-0.1, -0.05) is 0 Å². The van der Waals surface area contributed by atoms with Gasteiger partial charge >= 0.3 is 116 Å². The van der Waals surface area contributed by atoms with Gasteiger partial charge in [0, 0.05) is 0 Å². The van der Waals surface area contributed by atoms with Crippen LogP contribution in [0.4, 0.5) is 0 Å². The molecule has 6 nitrogen and oxygen atoms in total. The molecule has 1 aromatic carbocycles. The van der Waals surface area contributed by atoms with Gasteiger partial charge < -0.3 is 0 Å². The van der Waals surface area contributed by atoms with Crippen LogP contribution in [0.25, 0.3) is 0 Å². The molecule has 0 heterocycles. The average molecular weight is 268 g/mol. The molecule has 0 aliphatic heterocycles. The van der Waals surface area contributed by atoms with Gasteiger partial charge in [-0.3, -0.25) is 0 Å². The number of hydrogen-bond acceptors (Lipinski definition) is 5. The Balaban J connectivity index is 3.25. The molecule has 0 aromatic heterocycles. The van der Waals surface area contributed by atoms with Crippen molar-refractivity contribution in [2.75, 3.05) is 13.2 Å². The first-order valence-electron chi connectivity index (χ1n) is 4.73. The van der Waals surface area contributed by atoms with Crippen LogP contribution in [0.3, 0.4) is 0 Å². The van der Waals surface area contributed by atoms with Crippen molar-refractivity contribution in [3.05, 3.63) is 23.8 Å². The zero-order chi connectivity index (χ0) is 13.1. The standard InChI is InChI=1S/C9H9O6S.Na/c10-5-6-15-9(11)7-3-1-2-4-8(7)16(12,13)14;/h1-3,10H,5-6H2,(H,12,13,14);. The number of aliphatic hydroxyl groups excluding tert-OH is 1. The Hall–Kier alpha value is -0.440. The van der Waals surface area contributed by atoms with E-state index in [1.54, 1.807) is 0 Å². The molecule has 0 atom stereocenters. The molecule has 17 heavy (non-hydrogen) atoms. The van der Waals surface area contributed by atoms with Crippen molar-refractivity contribution in [2.24, 2.45) is 0 Å². The third-order valence-electron chi connectivity index (χ3n) is 2.01. The van der Waals surface area contributed by atoms with E-state index in [2.05, 4.69) is 4.74 Å². The van der Waals surface area contributed by atoms with E-state index in [9.17, 15) is 13.2 Å². The van der Waals surface area contributed by atoms with E-state index >= 15 is 0 Å². The number of benzene rings is 1. The Bertz CT molecular complexity index is 524. The summed E-state index contributed by atoms with van der Waals surface area (Å²) in [6, 6.07) is 4.27. The average Bonchev–Trinajstić information content (AvgIpc) is 2.23. The fourth-order valence-corrected chi connectivity index (χ4v) is 3.51. The predicted molar refractivity (Wildman–Crippen MR) is 59.0 cm³/mol. The van der Waals surface area contributed by atoms with Crippen LogP contribution in [0.15, 0.2) is 23.1 Å². The minimum atomic E-state index is -4.46. The summed E-state index contributed by atoms with van der Waals surface area (Å²) in [4.78, 5) is 11.1. The van der Waals surface area contributed by atoms with Crippen LogP contribution in [0.1, 0.15) is 10.4 Å². The maximum atomic E-state index is 11.5. The van der Waals surface area contributed by atoms with Gasteiger partial charge in [0.15, 0.2) is 0 Å². The van der Waals surface area contributed by atoms with E-state index in [0.29, 0.717) is 30.7 Å². The summed E-state index contributed by atoms with van der Waals surface area (Å²) in [7, 11) is -4.46. The molecule has 0 spiro atoms. The second kappa shape index (κ2) is 5.94. The SMILES string of the molecule is O=C(OCCO)c1ccc[c]([Na])c1S(=O)(=O)O. The molecule has 0 bridgehead atoms. The van der Waals surface area contributed by atoms with Gasteiger partial charge in [0.25, 0.3) is 0 Å². The van der Waals surface area contributed by atoms with Crippen molar-refractivity contribution in [3.63, 3.8) is 0 Å². The topological polar surface area (TPSA) is 101 Å². The zero-order valence-electron chi connectivity index (χ0n) is 9.08. The molecule has 0 amide bonds. The number of carbonyl (C=O) groups excluding carboxylic acids is 1. The zero-order valence-corrected chi connectivity index (χ0v) is 11.9. The summed E-state index contributed by atoms with van der Waals surface area (Å²) in [5.74, 6) is -0.885. The molecule has 0 radical (unpaired) electrons. The van der Waals surface area contributed by atoms with Crippen molar-refractivity contribution in [1.29, 1.82) is 0 Å². The van der Waals surface area contributed by atoms with Crippen LogP contribution < -0.4 is 2.81 Å². The molecular weight excluding hydrogens is 259 g/mol. The van der Waals surface area contributed by atoms with Gasteiger partial charge in [-0.15, -0.1) is 0 Å². The van der Waals surface area contributed by atoms with Crippen molar-refractivity contribution in [3.8, 4) is 0 Å². The molecule has 8 heteroatoms. The Labute approximate surface area is 116 Å². The molecule has 0 saturated heterocycles. The molecule has 1 aromatic rings. The third-order valence-corrected chi connectivity index (χ3v) is 4.27. The Morgan fingerprint density at radius 1 is 1.41 bits per heavy atom. The van der Waals surface area contributed by atoms with Crippen molar-refractivity contribution >= 4 is 46.8 Å². The van der Waals surface area contributed by atoms with Crippen LogP contribution in [-0.2, 0) is 14.9 Å². The Morgan fingerprint density at radius 2 is 2.06 bits per heavy atom. The number of esters is 1. The van der Waals surface area contributed by atoms with Crippen LogP contribution in [0, 0.1) is 0 Å². The Kier molecular flexibility index (Phi) is 5.11. The quantitative estimate of drug-likeness (QED) is 0.407. The van der Waals surface area contributed by atoms with Crippen molar-refractivity contribution in [1.82, 2.24) is 0 Å². The molecule has 88 valence electrons. The summed E-state index contributed by atoms with van der Waals surface area (Å²) >= 11 is 0.359. The molecule has 2 N–H and O–H groups in total. The first-order chi connectivity index (χ1) is 7.88. The second-order valence-electron chi connectivity index (χ2n) is 3.29. The fraction of sp³-hybridized carbons (Fsp3) is 0.222. The molecule has 0 aliphatic rings. The van der Waals surface area contributed by atoms with E-state index in [1.165, 1.54) is 18.2 Å². The minimum absolute atomic E-state index is 0.214. The summed E-state index contributed by atoms with van der Waals surface area (Å²) in [6.45, 7) is -0.581. The van der Waals surface area contributed by atoms with Crippen LogP contribution >= 0.6 is 0 Å². The summed E-state index contributed by atoms with van der Waals surface area (Å²) in [6.07, 6.45) is 0. The van der Waals surface area contributed by atoms with E-state index in [1.807, 2.05) is 0 Å². The monoisotopic (exact) mass is 268 g/mol. The molecule has 0 aliphatic carbocycles. The van der Waals surface area contributed by atoms with E-state index in [0.717, 1.165) is 0 Å². The van der Waals surface area contributed by atoms with Gasteiger partial charge in [-0.2, -0.15) is 0 Å². The van der Waals surface area contributed by atoms with Crippen LogP contribution in [0.2, 0.25) is 0 Å². The molecule has 0 unspecified atom stereocenters. The first-order valence-corrected chi connectivity index (χ1v) is 7.17. The van der Waals surface area contributed by atoms with E-state index in [4.69, 9.17) is 9.66 Å². The normalized spacial score (nSPS) is 11.3. The number of hydrogen-bond donors (Lipinski definition) is 2. The van der Waals surface area contributed by atoms with Gasteiger partial charge in [0.1, 0.15) is 0 Å².